The average molecular weight is 815 g/mol. The zero-order chi connectivity index (χ0) is 42.5. The molecule has 0 saturated carbocycles. The zero-order valence-electron chi connectivity index (χ0n) is 34.7. The number of carbonyl (C=O) groups is 3. The van der Waals surface area contributed by atoms with Gasteiger partial charge in [0, 0.05) is 13.1 Å². The van der Waals surface area contributed by atoms with Crippen LogP contribution in [0.4, 0.5) is 4.79 Å². The standard InChI is InChI=1S/C49H50N8O4/c1-32(2)31-61-49(60)54-43(37-13-7-5-8-14-37)47(58)56-27-11-17-41(56)45-50-29-39(52-45)35-23-19-33(20-24-35)34-21-25-36(26-22-34)40-30-51-46(53-40)42-18-12-28-57(42)48(59)44(55(3)4)38-15-9-6-10-16-38/h5-26,29-30,32,41-44H,27-28,31H2,1-4H3,(H,50,52)(H,51,53)(H,54,60)/t41-,42-,43+,44+/m0/s1. The highest BCUT2D eigenvalue weighted by Crippen LogP contribution is 2.34. The molecular formula is C49H50N8O4. The lowest BCUT2D eigenvalue weighted by atomic mass is 10.0. The van der Waals surface area contributed by atoms with Gasteiger partial charge in [-0.25, -0.2) is 14.8 Å². The molecule has 8 rings (SSSR count). The third kappa shape index (κ3) is 8.95. The van der Waals surface area contributed by atoms with Gasteiger partial charge in [0.15, 0.2) is 0 Å². The Bertz CT molecular complexity index is 2510. The van der Waals surface area contributed by atoms with E-state index < -0.39 is 24.2 Å². The number of ether oxygens (including phenoxy) is 1. The van der Waals surface area contributed by atoms with Gasteiger partial charge in [0.1, 0.15) is 35.8 Å². The number of benzene rings is 4. The van der Waals surface area contributed by atoms with Crippen molar-refractivity contribution in [2.45, 2.75) is 38.0 Å². The Morgan fingerprint density at radius 2 is 1.13 bits per heavy atom. The molecule has 4 heterocycles. The summed E-state index contributed by atoms with van der Waals surface area (Å²) >= 11 is 0. The van der Waals surface area contributed by atoms with Crippen LogP contribution >= 0.6 is 0 Å². The van der Waals surface area contributed by atoms with Gasteiger partial charge >= 0.3 is 6.09 Å². The molecule has 3 N–H and O–H groups in total. The summed E-state index contributed by atoms with van der Waals surface area (Å²) < 4.78 is 5.37. The second-order valence-corrected chi connectivity index (χ2v) is 16.0. The number of carbonyl (C=O) groups excluding carboxylic acids is 3. The molecule has 2 aromatic heterocycles. The van der Waals surface area contributed by atoms with Crippen molar-refractivity contribution in [3.63, 3.8) is 0 Å². The topological polar surface area (TPSA) is 140 Å². The molecule has 0 unspecified atom stereocenters. The van der Waals surface area contributed by atoms with E-state index in [4.69, 9.17) is 9.72 Å². The summed E-state index contributed by atoms with van der Waals surface area (Å²) in [5, 5.41) is 2.79. The van der Waals surface area contributed by atoms with E-state index in [2.05, 4.69) is 56.7 Å². The summed E-state index contributed by atoms with van der Waals surface area (Å²) in [5.41, 5.74) is 7.39. The van der Waals surface area contributed by atoms with Crippen LogP contribution in [0, 0.1) is 5.92 Å². The van der Waals surface area contributed by atoms with E-state index in [1.807, 2.05) is 141 Å². The molecular weight excluding hydrogens is 765 g/mol. The van der Waals surface area contributed by atoms with Crippen molar-refractivity contribution in [2.75, 3.05) is 33.8 Å². The molecule has 2 aliphatic rings. The normalized spacial score (nSPS) is 17.0. The second kappa shape index (κ2) is 18.1. The van der Waals surface area contributed by atoms with Crippen LogP contribution < -0.4 is 5.32 Å². The first-order chi connectivity index (χ1) is 29.6. The van der Waals surface area contributed by atoms with Gasteiger partial charge in [0.25, 0.3) is 5.91 Å². The number of hydrogen-bond acceptors (Lipinski definition) is 7. The molecule has 0 radical (unpaired) electrons. The SMILES string of the molecule is CC(C)COC(=O)N[C@@H](C(=O)N1CC=C[C@H]1c1ncc(-c2ccc(-c3ccc(-c4cnc([C@@H]5C=CCN5C(=O)[C@@H](c5ccccc5)N(C)C)[nH]4)cc3)cc2)[nH]1)c1ccccc1. The molecule has 4 aromatic carbocycles. The number of imidazole rings is 2. The number of alkyl carbamates (subject to hydrolysis) is 1. The first kappa shape index (κ1) is 40.7. The first-order valence-corrected chi connectivity index (χ1v) is 20.6. The maximum Gasteiger partial charge on any atom is 0.408 e. The van der Waals surface area contributed by atoms with Crippen LogP contribution in [-0.4, -0.2) is 86.3 Å². The minimum Gasteiger partial charge on any atom is -0.449 e. The molecule has 0 saturated heterocycles. The molecule has 4 atom stereocenters. The zero-order valence-corrected chi connectivity index (χ0v) is 34.7. The molecule has 3 amide bonds. The minimum atomic E-state index is -0.921. The molecule has 0 bridgehead atoms. The lowest BCUT2D eigenvalue weighted by molar-refractivity contribution is -0.137. The molecule has 0 aliphatic carbocycles. The number of rotatable bonds is 13. The highest BCUT2D eigenvalue weighted by molar-refractivity contribution is 5.88. The monoisotopic (exact) mass is 814 g/mol. The Balaban J connectivity index is 0.924. The number of nitrogens with zero attached hydrogens (tertiary/aromatic N) is 5. The van der Waals surface area contributed by atoms with Gasteiger partial charge in [-0.3, -0.25) is 14.5 Å². The van der Waals surface area contributed by atoms with Gasteiger partial charge in [-0.05, 0) is 53.4 Å². The number of hydrogen-bond donors (Lipinski definition) is 3. The van der Waals surface area contributed by atoms with E-state index >= 15 is 0 Å². The van der Waals surface area contributed by atoms with Crippen molar-refractivity contribution in [2.24, 2.45) is 5.92 Å². The molecule has 0 spiro atoms. The Kier molecular flexibility index (Phi) is 12.1. The quantitative estimate of drug-likeness (QED) is 0.0995. The Morgan fingerprint density at radius 1 is 0.672 bits per heavy atom. The number of H-pyrrole nitrogens is 2. The molecule has 2 aliphatic heterocycles. The third-order valence-corrected chi connectivity index (χ3v) is 11.0. The first-order valence-electron chi connectivity index (χ1n) is 20.6. The fraction of sp³-hybridized carbons (Fsp3) is 0.245. The Hall–Kier alpha value is -7.05. The van der Waals surface area contributed by atoms with E-state index in [-0.39, 0.29) is 30.4 Å². The molecule has 6 aromatic rings. The minimum absolute atomic E-state index is 0.0288. The fourth-order valence-electron chi connectivity index (χ4n) is 7.88. The van der Waals surface area contributed by atoms with E-state index in [1.165, 1.54) is 0 Å². The maximum atomic E-state index is 14.1. The van der Waals surface area contributed by atoms with Crippen molar-refractivity contribution in [1.29, 1.82) is 0 Å². The predicted molar refractivity (Wildman–Crippen MR) is 236 cm³/mol. The van der Waals surface area contributed by atoms with Gasteiger partial charge in [0.2, 0.25) is 5.91 Å². The second-order valence-electron chi connectivity index (χ2n) is 16.0. The molecule has 12 heteroatoms. The average Bonchev–Trinajstić information content (AvgIpc) is 4.13. The smallest absolute Gasteiger partial charge is 0.408 e. The van der Waals surface area contributed by atoms with Gasteiger partial charge in [-0.15, -0.1) is 0 Å². The van der Waals surface area contributed by atoms with E-state index in [9.17, 15) is 14.4 Å². The molecule has 310 valence electrons. The fourth-order valence-corrected chi connectivity index (χ4v) is 7.88. The van der Waals surface area contributed by atoms with Crippen LogP contribution in [0.5, 0.6) is 0 Å². The van der Waals surface area contributed by atoms with Gasteiger partial charge in [-0.1, -0.05) is 147 Å². The summed E-state index contributed by atoms with van der Waals surface area (Å²) in [6, 6.07) is 33.6. The number of nitrogens with one attached hydrogen (secondary N) is 3. The van der Waals surface area contributed by atoms with Crippen LogP contribution in [0.15, 0.2) is 146 Å². The summed E-state index contributed by atoms with van der Waals surface area (Å²) in [4.78, 5) is 62.6. The summed E-state index contributed by atoms with van der Waals surface area (Å²) in [6.45, 7) is 5.07. The Morgan fingerprint density at radius 3 is 1.61 bits per heavy atom. The maximum absolute atomic E-state index is 14.1. The van der Waals surface area contributed by atoms with Crippen molar-refractivity contribution in [1.82, 2.24) is 40.0 Å². The lowest BCUT2D eigenvalue weighted by Crippen LogP contribution is -2.43. The van der Waals surface area contributed by atoms with Crippen LogP contribution in [0.3, 0.4) is 0 Å². The van der Waals surface area contributed by atoms with Crippen LogP contribution in [0.2, 0.25) is 0 Å². The highest BCUT2D eigenvalue weighted by atomic mass is 16.5. The molecule has 12 nitrogen and oxygen atoms in total. The number of aromatic amines is 2. The highest BCUT2D eigenvalue weighted by Gasteiger charge is 2.36. The number of likely N-dealkylation sites (N-methyl/N-ethyl adjacent to an activating group) is 1. The summed E-state index contributed by atoms with van der Waals surface area (Å²) in [5.74, 6) is 1.28. The van der Waals surface area contributed by atoms with Crippen molar-refractivity contribution in [3.8, 4) is 33.6 Å². The van der Waals surface area contributed by atoms with Crippen molar-refractivity contribution < 1.29 is 19.1 Å². The van der Waals surface area contributed by atoms with Crippen molar-refractivity contribution >= 4 is 17.9 Å². The number of aromatic nitrogens is 4. The molecule has 0 fully saturated rings. The lowest BCUT2D eigenvalue weighted by Gasteiger charge is -2.31. The van der Waals surface area contributed by atoms with Gasteiger partial charge < -0.3 is 29.8 Å². The van der Waals surface area contributed by atoms with E-state index in [1.54, 1.807) is 11.1 Å². The van der Waals surface area contributed by atoms with E-state index in [0.29, 0.717) is 24.5 Å². The molecule has 61 heavy (non-hydrogen) atoms. The Labute approximate surface area is 356 Å². The van der Waals surface area contributed by atoms with Crippen molar-refractivity contribution in [3.05, 3.63) is 169 Å². The van der Waals surface area contributed by atoms with Gasteiger partial charge in [-0.2, -0.15) is 0 Å². The van der Waals surface area contributed by atoms with Crippen LogP contribution in [-0.2, 0) is 14.3 Å². The van der Waals surface area contributed by atoms with Crippen LogP contribution in [0.25, 0.3) is 33.6 Å². The van der Waals surface area contributed by atoms with Gasteiger partial charge in [0.05, 0.1) is 30.4 Å². The predicted octanol–water partition coefficient (Wildman–Crippen LogP) is 8.44. The largest absolute Gasteiger partial charge is 0.449 e. The third-order valence-electron chi connectivity index (χ3n) is 11.0. The van der Waals surface area contributed by atoms with E-state index in [0.717, 1.165) is 45.0 Å². The summed E-state index contributed by atoms with van der Waals surface area (Å²) in [6.07, 6.45) is 10.9. The number of amides is 3. The van der Waals surface area contributed by atoms with Crippen LogP contribution in [0.1, 0.15) is 60.8 Å². The summed E-state index contributed by atoms with van der Waals surface area (Å²) in [7, 11) is 3.86.